The van der Waals surface area contributed by atoms with E-state index in [-0.39, 0.29) is 5.78 Å². The normalized spacial score (nSPS) is 11.3. The lowest BCUT2D eigenvalue weighted by atomic mass is 9.80. The van der Waals surface area contributed by atoms with E-state index in [2.05, 4.69) is 36.4 Å². The van der Waals surface area contributed by atoms with E-state index in [0.29, 0.717) is 36.4 Å². The highest BCUT2D eigenvalue weighted by Gasteiger charge is 2.39. The van der Waals surface area contributed by atoms with Crippen LogP contribution in [0, 0.1) is 0 Å². The molecule has 0 N–H and O–H groups in total. The van der Waals surface area contributed by atoms with Gasteiger partial charge < -0.3 is 14.0 Å². The molecule has 45 heavy (non-hydrogen) atoms. The molecular formula is C39H35N2O4+. The predicted molar refractivity (Wildman–Crippen MR) is 174 cm³/mol. The van der Waals surface area contributed by atoms with Gasteiger partial charge in [-0.3, -0.25) is 4.79 Å². The molecule has 6 heteroatoms. The fourth-order valence-electron chi connectivity index (χ4n) is 5.99. The summed E-state index contributed by atoms with van der Waals surface area (Å²) in [6, 6.07) is 42.1. The molecule has 0 saturated heterocycles. The highest BCUT2D eigenvalue weighted by Crippen LogP contribution is 2.42. The molecule has 0 aliphatic rings. The Morgan fingerprint density at radius 1 is 0.756 bits per heavy atom. The Hall–Kier alpha value is -5.49. The molecule has 0 fully saturated rings. The monoisotopic (exact) mass is 595 g/mol. The molecule has 0 spiro atoms. The summed E-state index contributed by atoms with van der Waals surface area (Å²) >= 11 is 0. The van der Waals surface area contributed by atoms with E-state index >= 15 is 0 Å². The van der Waals surface area contributed by atoms with Crippen LogP contribution in [0.2, 0.25) is 0 Å². The van der Waals surface area contributed by atoms with Gasteiger partial charge in [-0.15, -0.1) is 0 Å². The first-order chi connectivity index (χ1) is 22.0. The molecule has 0 saturated carbocycles. The van der Waals surface area contributed by atoms with Crippen molar-refractivity contribution in [1.29, 1.82) is 0 Å². The number of fused-ring (bicyclic) bond motifs is 1. The minimum atomic E-state index is -0.931. The SMILES string of the molecule is COC(=O)c1cc2cc(OC(c3ccccc3)(c3ccccc3)c3ccccc3)ccc2n1CCCC(=O)c1ccc[n+](C)c1. The van der Waals surface area contributed by atoms with Crippen LogP contribution in [0.5, 0.6) is 5.75 Å². The average Bonchev–Trinajstić information content (AvgIpc) is 3.45. The maximum Gasteiger partial charge on any atom is 0.354 e. The van der Waals surface area contributed by atoms with Gasteiger partial charge in [-0.05, 0) is 36.8 Å². The number of methoxy groups -OCH3 is 1. The molecule has 6 nitrogen and oxygen atoms in total. The van der Waals surface area contributed by atoms with Crippen molar-refractivity contribution in [1.82, 2.24) is 4.57 Å². The van der Waals surface area contributed by atoms with Gasteiger partial charge in [0.2, 0.25) is 0 Å². The third-order valence-electron chi connectivity index (χ3n) is 8.13. The van der Waals surface area contributed by atoms with Crippen LogP contribution in [0.15, 0.2) is 140 Å². The Kier molecular flexibility index (Phi) is 8.56. The number of hydrogen-bond acceptors (Lipinski definition) is 4. The zero-order chi connectivity index (χ0) is 31.2. The molecule has 0 unspecified atom stereocenters. The second-order valence-electron chi connectivity index (χ2n) is 11.1. The maximum absolute atomic E-state index is 12.9. The number of pyridine rings is 1. The molecule has 0 aliphatic carbocycles. The molecule has 0 radical (unpaired) electrons. The summed E-state index contributed by atoms with van der Waals surface area (Å²) in [5.41, 5.74) is 4.02. The molecule has 2 aromatic heterocycles. The smallest absolute Gasteiger partial charge is 0.354 e. The number of nitrogens with zero attached hydrogens (tertiary/aromatic N) is 2. The Morgan fingerprint density at radius 2 is 1.36 bits per heavy atom. The van der Waals surface area contributed by atoms with Crippen molar-refractivity contribution in [3.8, 4) is 5.75 Å². The van der Waals surface area contributed by atoms with Crippen molar-refractivity contribution >= 4 is 22.7 Å². The fourth-order valence-corrected chi connectivity index (χ4v) is 5.99. The quantitative estimate of drug-likeness (QED) is 0.0683. The maximum atomic E-state index is 12.9. The van der Waals surface area contributed by atoms with E-state index in [1.54, 1.807) is 0 Å². The number of aryl methyl sites for hydroxylation is 2. The minimum absolute atomic E-state index is 0.0667. The van der Waals surface area contributed by atoms with Gasteiger partial charge >= 0.3 is 5.97 Å². The molecule has 6 rings (SSSR count). The number of benzene rings is 4. The van der Waals surface area contributed by atoms with Crippen LogP contribution < -0.4 is 9.30 Å². The van der Waals surface area contributed by atoms with Gasteiger partial charge in [0, 0.05) is 46.6 Å². The van der Waals surface area contributed by atoms with Crippen molar-refractivity contribution < 1.29 is 23.6 Å². The van der Waals surface area contributed by atoms with Crippen LogP contribution in [0.25, 0.3) is 10.9 Å². The van der Waals surface area contributed by atoms with Crippen molar-refractivity contribution in [3.05, 3.63) is 168 Å². The van der Waals surface area contributed by atoms with Gasteiger partial charge in [0.25, 0.3) is 0 Å². The Bertz CT molecular complexity index is 1840. The summed E-state index contributed by atoms with van der Waals surface area (Å²) in [7, 11) is 3.28. The van der Waals surface area contributed by atoms with Crippen LogP contribution in [-0.2, 0) is 23.9 Å². The molecule has 0 aliphatic heterocycles. The van der Waals surface area contributed by atoms with E-state index in [1.807, 2.05) is 120 Å². The number of Topliss-reactive ketones (excluding diaryl/α,β-unsaturated/α-hetero) is 1. The number of ether oxygens (including phenoxy) is 2. The lowest BCUT2D eigenvalue weighted by molar-refractivity contribution is -0.671. The van der Waals surface area contributed by atoms with Gasteiger partial charge in [0.05, 0.1) is 12.7 Å². The summed E-state index contributed by atoms with van der Waals surface area (Å²) in [5, 5.41) is 0.845. The summed E-state index contributed by atoms with van der Waals surface area (Å²) in [6.45, 7) is 0.487. The zero-order valence-electron chi connectivity index (χ0n) is 25.4. The lowest BCUT2D eigenvalue weighted by Crippen LogP contribution is -2.36. The second kappa shape index (κ2) is 13.0. The first-order valence-electron chi connectivity index (χ1n) is 15.1. The third kappa shape index (κ3) is 6.00. The number of aromatic nitrogens is 2. The lowest BCUT2D eigenvalue weighted by Gasteiger charge is -2.36. The van der Waals surface area contributed by atoms with E-state index in [9.17, 15) is 9.59 Å². The molecular weight excluding hydrogens is 560 g/mol. The average molecular weight is 596 g/mol. The van der Waals surface area contributed by atoms with Crippen LogP contribution >= 0.6 is 0 Å². The first-order valence-corrected chi connectivity index (χ1v) is 15.1. The van der Waals surface area contributed by atoms with Crippen LogP contribution in [-0.4, -0.2) is 23.4 Å². The topological polar surface area (TPSA) is 61.4 Å². The largest absolute Gasteiger partial charge is 0.473 e. The Balaban J connectivity index is 1.38. The second-order valence-corrected chi connectivity index (χ2v) is 11.1. The van der Waals surface area contributed by atoms with Gasteiger partial charge in [0.1, 0.15) is 18.5 Å². The molecule has 0 amide bonds. The van der Waals surface area contributed by atoms with Crippen molar-refractivity contribution in [3.63, 3.8) is 0 Å². The van der Waals surface area contributed by atoms with E-state index in [0.717, 1.165) is 27.6 Å². The summed E-state index contributed by atoms with van der Waals surface area (Å²) in [5.74, 6) is 0.291. The van der Waals surface area contributed by atoms with Crippen molar-refractivity contribution in [2.24, 2.45) is 7.05 Å². The van der Waals surface area contributed by atoms with Gasteiger partial charge in [-0.25, -0.2) is 9.36 Å². The summed E-state index contributed by atoms with van der Waals surface area (Å²) in [4.78, 5) is 25.7. The standard InChI is InChI=1S/C39H35N2O4/c1-40-24-12-14-29(28-40)37(42)21-13-25-41-35-23-22-34(26-30(35)27-36(41)38(43)44-2)45-39(31-15-6-3-7-16-31,32-17-8-4-9-18-32)33-19-10-5-11-20-33/h3-12,14-20,22-24,26-28H,13,21,25H2,1-2H3/q+1. The molecule has 0 bridgehead atoms. The van der Waals surface area contributed by atoms with Crippen LogP contribution in [0.4, 0.5) is 0 Å². The highest BCUT2D eigenvalue weighted by molar-refractivity contribution is 5.96. The highest BCUT2D eigenvalue weighted by atomic mass is 16.5. The van der Waals surface area contributed by atoms with Crippen molar-refractivity contribution in [2.75, 3.05) is 7.11 Å². The van der Waals surface area contributed by atoms with Gasteiger partial charge in [-0.1, -0.05) is 91.0 Å². The van der Waals surface area contributed by atoms with E-state index < -0.39 is 11.6 Å². The number of ketones is 1. The fraction of sp³-hybridized carbons (Fsp3) is 0.154. The number of esters is 1. The Morgan fingerprint density at radius 3 is 1.91 bits per heavy atom. The van der Waals surface area contributed by atoms with Crippen molar-refractivity contribution in [2.45, 2.75) is 25.0 Å². The molecule has 0 atom stereocenters. The third-order valence-corrected chi connectivity index (χ3v) is 8.13. The molecule has 224 valence electrons. The van der Waals surface area contributed by atoms with E-state index in [4.69, 9.17) is 9.47 Å². The van der Waals surface area contributed by atoms with E-state index in [1.165, 1.54) is 7.11 Å². The number of hydrogen-bond donors (Lipinski definition) is 0. The van der Waals surface area contributed by atoms with Crippen LogP contribution in [0.3, 0.4) is 0 Å². The van der Waals surface area contributed by atoms with Gasteiger partial charge in [0.15, 0.2) is 23.8 Å². The molecule has 4 aromatic carbocycles. The Labute approximate surface area is 263 Å². The molecule has 6 aromatic rings. The number of carbonyl (C=O) groups excluding carboxylic acids is 2. The first kappa shape index (κ1) is 29.6. The summed E-state index contributed by atoms with van der Waals surface area (Å²) < 4.78 is 16.0. The molecule has 2 heterocycles. The summed E-state index contributed by atoms with van der Waals surface area (Å²) in [6.07, 6.45) is 4.66. The number of carbonyl (C=O) groups is 2. The predicted octanol–water partition coefficient (Wildman–Crippen LogP) is 7.29. The zero-order valence-corrected chi connectivity index (χ0v) is 25.4. The number of rotatable bonds is 11. The van der Waals surface area contributed by atoms with Gasteiger partial charge in [-0.2, -0.15) is 0 Å². The minimum Gasteiger partial charge on any atom is -0.473 e. The van der Waals surface area contributed by atoms with Crippen LogP contribution in [0.1, 0.15) is 50.4 Å².